The van der Waals surface area contributed by atoms with Gasteiger partial charge in [-0.15, -0.1) is 0 Å². The Hall–Kier alpha value is 0.0300. The molecule has 0 aromatic carbocycles. The monoisotopic (exact) mass is 110 g/mol. The van der Waals surface area contributed by atoms with E-state index in [0.29, 0.717) is 0 Å². The standard InChI is InChI=1S/CH6N2O2S/c1-3-5-6(2)4/h3H,2H2,1H3. The molecule has 4 nitrogen and oxygen atoms in total. The summed E-state index contributed by atoms with van der Waals surface area (Å²) in [7, 11) is 1.48. The summed E-state index contributed by atoms with van der Waals surface area (Å²) in [4.78, 5) is 0. The van der Waals surface area contributed by atoms with Crippen molar-refractivity contribution in [2.24, 2.45) is 5.14 Å². The number of nitrogens with two attached hydrogens (primary N) is 1. The van der Waals surface area contributed by atoms with E-state index in [4.69, 9.17) is 0 Å². The van der Waals surface area contributed by atoms with Crippen molar-refractivity contribution >= 4 is 11.3 Å². The zero-order valence-electron chi connectivity index (χ0n) is 3.30. The van der Waals surface area contributed by atoms with E-state index in [1.807, 2.05) is 0 Å². The Morgan fingerprint density at radius 3 is 2.50 bits per heavy atom. The lowest BCUT2D eigenvalue weighted by atomic mass is 11.6. The average molecular weight is 110 g/mol. The largest absolute Gasteiger partial charge is 0.249 e. The molecule has 0 aromatic rings. The number of hydrogen-bond donors (Lipinski definition) is 2. The molecule has 0 saturated heterocycles. The van der Waals surface area contributed by atoms with Crippen molar-refractivity contribution in [1.82, 2.24) is 5.48 Å². The summed E-state index contributed by atoms with van der Waals surface area (Å²) in [6.45, 7) is 0. The van der Waals surface area contributed by atoms with E-state index in [1.165, 1.54) is 7.05 Å². The van der Waals surface area contributed by atoms with Crippen molar-refractivity contribution < 1.29 is 8.49 Å². The Balaban J connectivity index is 2.83. The van der Waals surface area contributed by atoms with E-state index in [0.717, 1.165) is 0 Å². The second kappa shape index (κ2) is 3.23. The summed E-state index contributed by atoms with van der Waals surface area (Å²) < 4.78 is 13.7. The van der Waals surface area contributed by atoms with Crippen molar-refractivity contribution in [2.45, 2.75) is 0 Å². The quantitative estimate of drug-likeness (QED) is 0.433. The van der Waals surface area contributed by atoms with Gasteiger partial charge in [-0.3, -0.25) is 0 Å². The second-order valence-corrected chi connectivity index (χ2v) is 1.24. The van der Waals surface area contributed by atoms with Gasteiger partial charge in [-0.05, 0) is 0 Å². The Kier molecular flexibility index (Phi) is 3.24. The highest BCUT2D eigenvalue weighted by atomic mass is 32.2. The van der Waals surface area contributed by atoms with Crippen molar-refractivity contribution in [1.29, 1.82) is 0 Å². The molecule has 5 heteroatoms. The normalized spacial score (nSPS) is 14.3. The minimum atomic E-state index is -1.68. The zero-order valence-corrected chi connectivity index (χ0v) is 4.12. The van der Waals surface area contributed by atoms with Crippen LogP contribution in [0.3, 0.4) is 0 Å². The summed E-state index contributed by atoms with van der Waals surface area (Å²) in [5.74, 6) is 0. The van der Waals surface area contributed by atoms with Crippen LogP contribution in [0.25, 0.3) is 0 Å². The maximum atomic E-state index is 9.65. The lowest BCUT2D eigenvalue weighted by Crippen LogP contribution is -2.15. The van der Waals surface area contributed by atoms with Gasteiger partial charge in [0.25, 0.3) is 0 Å². The van der Waals surface area contributed by atoms with Gasteiger partial charge in [-0.1, -0.05) is 0 Å². The summed E-state index contributed by atoms with van der Waals surface area (Å²) >= 11 is -1.68. The SMILES string of the molecule is CNOS(N)=O. The van der Waals surface area contributed by atoms with Gasteiger partial charge in [0.15, 0.2) is 0 Å². The summed E-state index contributed by atoms with van der Waals surface area (Å²) in [5, 5.41) is 4.59. The fourth-order valence-corrected chi connectivity index (χ4v) is 0.246. The first-order chi connectivity index (χ1) is 2.77. The number of hydrogen-bond acceptors (Lipinski definition) is 3. The van der Waals surface area contributed by atoms with Gasteiger partial charge >= 0.3 is 0 Å². The third-order valence-corrected chi connectivity index (χ3v) is 0.496. The highest BCUT2D eigenvalue weighted by molar-refractivity contribution is 7.77. The van der Waals surface area contributed by atoms with Gasteiger partial charge in [0, 0.05) is 7.05 Å². The topological polar surface area (TPSA) is 64.3 Å². The molecule has 38 valence electrons. The molecule has 0 fully saturated rings. The zero-order chi connectivity index (χ0) is 4.99. The highest BCUT2D eigenvalue weighted by Crippen LogP contribution is 1.58. The minimum Gasteiger partial charge on any atom is -0.227 e. The molecule has 3 N–H and O–H groups in total. The van der Waals surface area contributed by atoms with Crippen LogP contribution >= 0.6 is 0 Å². The van der Waals surface area contributed by atoms with Crippen molar-refractivity contribution in [2.75, 3.05) is 7.05 Å². The molecule has 0 aliphatic rings. The van der Waals surface area contributed by atoms with Gasteiger partial charge in [0.1, 0.15) is 0 Å². The Morgan fingerprint density at radius 1 is 2.00 bits per heavy atom. The number of rotatable bonds is 2. The fraction of sp³-hybridized carbons (Fsp3) is 1.00. The lowest BCUT2D eigenvalue weighted by Gasteiger charge is -1.87. The van der Waals surface area contributed by atoms with Crippen LogP contribution in [0, 0.1) is 0 Å². The molecule has 6 heavy (non-hydrogen) atoms. The molecule has 0 aliphatic carbocycles. The first-order valence-corrected chi connectivity index (χ1v) is 2.41. The van der Waals surface area contributed by atoms with Gasteiger partial charge in [-0.25, -0.2) is 9.35 Å². The molecule has 0 spiro atoms. The fourth-order valence-electron chi connectivity index (χ4n) is 0.0821. The van der Waals surface area contributed by atoms with Crippen molar-refractivity contribution in [3.8, 4) is 0 Å². The summed E-state index contributed by atoms with van der Waals surface area (Å²) in [5.41, 5.74) is 2.14. The van der Waals surface area contributed by atoms with E-state index < -0.39 is 11.3 Å². The van der Waals surface area contributed by atoms with E-state index in [2.05, 4.69) is 14.9 Å². The molecule has 0 aromatic heterocycles. The van der Waals surface area contributed by atoms with Crippen LogP contribution in [0.2, 0.25) is 0 Å². The lowest BCUT2D eigenvalue weighted by molar-refractivity contribution is 0.252. The molecule has 0 rings (SSSR count). The second-order valence-electron chi connectivity index (χ2n) is 0.548. The van der Waals surface area contributed by atoms with Crippen LogP contribution in [-0.4, -0.2) is 11.3 Å². The number of hydroxylamine groups is 1. The molecule has 0 radical (unpaired) electrons. The minimum absolute atomic E-state index is 1.48. The molecular weight excluding hydrogens is 104 g/mol. The van der Waals surface area contributed by atoms with Gasteiger partial charge in [0.2, 0.25) is 11.3 Å². The molecule has 0 bridgehead atoms. The summed E-state index contributed by atoms with van der Waals surface area (Å²) in [6.07, 6.45) is 0. The van der Waals surface area contributed by atoms with E-state index >= 15 is 0 Å². The first-order valence-electron chi connectivity index (χ1n) is 1.27. The molecule has 0 aliphatic heterocycles. The predicted molar refractivity (Wildman–Crippen MR) is 22.5 cm³/mol. The van der Waals surface area contributed by atoms with Gasteiger partial charge < -0.3 is 0 Å². The maximum absolute atomic E-state index is 9.65. The van der Waals surface area contributed by atoms with Crippen LogP contribution in [0.4, 0.5) is 0 Å². The number of nitrogens with one attached hydrogen (secondary N) is 1. The van der Waals surface area contributed by atoms with Crippen molar-refractivity contribution in [3.05, 3.63) is 0 Å². The third kappa shape index (κ3) is 4.03. The van der Waals surface area contributed by atoms with Crippen LogP contribution in [-0.2, 0) is 15.6 Å². The molecule has 0 saturated carbocycles. The molecule has 0 heterocycles. The van der Waals surface area contributed by atoms with Crippen LogP contribution in [0.5, 0.6) is 0 Å². The van der Waals surface area contributed by atoms with E-state index in [9.17, 15) is 4.21 Å². The molecule has 0 amide bonds. The Labute approximate surface area is 38.4 Å². The van der Waals surface area contributed by atoms with Crippen molar-refractivity contribution in [3.63, 3.8) is 0 Å². The smallest absolute Gasteiger partial charge is 0.227 e. The maximum Gasteiger partial charge on any atom is 0.249 e. The highest BCUT2D eigenvalue weighted by Gasteiger charge is 1.79. The summed E-state index contributed by atoms with van der Waals surface area (Å²) in [6, 6.07) is 0. The average Bonchev–Trinajstić information content (AvgIpc) is 1.35. The molecular formula is CH6N2O2S. The van der Waals surface area contributed by atoms with Gasteiger partial charge in [-0.2, -0.15) is 9.76 Å². The Morgan fingerprint density at radius 2 is 2.50 bits per heavy atom. The van der Waals surface area contributed by atoms with Gasteiger partial charge in [0.05, 0.1) is 0 Å². The molecule has 1 unspecified atom stereocenters. The predicted octanol–water partition coefficient (Wildman–Crippen LogP) is -1.33. The van der Waals surface area contributed by atoms with Crippen LogP contribution < -0.4 is 10.6 Å². The van der Waals surface area contributed by atoms with E-state index in [1.54, 1.807) is 0 Å². The molecule has 1 atom stereocenters. The first kappa shape index (κ1) is 6.03. The Bertz CT molecular complexity index is 55.5. The van der Waals surface area contributed by atoms with Crippen LogP contribution in [0.1, 0.15) is 0 Å². The third-order valence-electron chi connectivity index (χ3n) is 0.165. The van der Waals surface area contributed by atoms with E-state index in [-0.39, 0.29) is 0 Å². The van der Waals surface area contributed by atoms with Crippen LogP contribution in [0.15, 0.2) is 0 Å².